The molecule has 10 heavy (non-hydrogen) atoms. The second-order valence-corrected chi connectivity index (χ2v) is 3.92. The van der Waals surface area contributed by atoms with Crippen LogP contribution in [0.5, 0.6) is 0 Å². The first-order valence-electron chi connectivity index (χ1n) is 3.95. The second-order valence-electron chi connectivity index (χ2n) is 3.92. The van der Waals surface area contributed by atoms with Crippen LogP contribution in [0.25, 0.3) is 0 Å². The number of nitrogens with zero attached hydrogens (tertiary/aromatic N) is 1. The van der Waals surface area contributed by atoms with Crippen LogP contribution < -0.4 is 5.32 Å². The van der Waals surface area contributed by atoms with Gasteiger partial charge in [-0.1, -0.05) is 0 Å². The molecular formula is C8H18N2. The van der Waals surface area contributed by atoms with Gasteiger partial charge in [-0.3, -0.25) is 0 Å². The average molecular weight is 142 g/mol. The summed E-state index contributed by atoms with van der Waals surface area (Å²) >= 11 is 0. The molecule has 0 aromatic heterocycles. The van der Waals surface area contributed by atoms with E-state index in [1.54, 1.807) is 0 Å². The van der Waals surface area contributed by atoms with Crippen molar-refractivity contribution in [3.8, 4) is 0 Å². The van der Waals surface area contributed by atoms with E-state index in [0.717, 1.165) is 6.54 Å². The Hall–Kier alpha value is -0.0800. The lowest BCUT2D eigenvalue weighted by molar-refractivity contribution is 0.216. The van der Waals surface area contributed by atoms with Gasteiger partial charge in [0.2, 0.25) is 0 Å². The average Bonchev–Trinajstić information content (AvgIpc) is 2.08. The first-order chi connectivity index (χ1) is 4.54. The van der Waals surface area contributed by atoms with E-state index in [2.05, 4.69) is 38.2 Å². The molecule has 1 heterocycles. The van der Waals surface area contributed by atoms with Gasteiger partial charge in [0.05, 0.1) is 0 Å². The van der Waals surface area contributed by atoms with Crippen LogP contribution in [-0.4, -0.2) is 37.1 Å². The minimum Gasteiger partial charge on any atom is -0.310 e. The summed E-state index contributed by atoms with van der Waals surface area (Å²) in [6.07, 6.45) is 1.28. The monoisotopic (exact) mass is 142 g/mol. The number of hydrogen-bond donors (Lipinski definition) is 1. The minimum atomic E-state index is 0.309. The van der Waals surface area contributed by atoms with Crippen molar-refractivity contribution in [1.29, 1.82) is 0 Å². The highest BCUT2D eigenvalue weighted by atomic mass is 15.2. The Labute approximate surface area is 63.6 Å². The zero-order valence-electron chi connectivity index (χ0n) is 7.44. The van der Waals surface area contributed by atoms with Crippen LogP contribution in [0, 0.1) is 0 Å². The normalized spacial score (nSPS) is 31.5. The molecule has 0 saturated carbocycles. The van der Waals surface area contributed by atoms with E-state index in [0.29, 0.717) is 11.6 Å². The fourth-order valence-electron chi connectivity index (χ4n) is 1.91. The van der Waals surface area contributed by atoms with Gasteiger partial charge in [0, 0.05) is 11.6 Å². The van der Waals surface area contributed by atoms with Crippen LogP contribution in [0.1, 0.15) is 20.3 Å². The Balaban J connectivity index is 2.59. The van der Waals surface area contributed by atoms with Crippen LogP contribution >= 0.6 is 0 Å². The zero-order valence-corrected chi connectivity index (χ0v) is 7.44. The van der Waals surface area contributed by atoms with Gasteiger partial charge >= 0.3 is 0 Å². The third-order valence-corrected chi connectivity index (χ3v) is 2.45. The molecule has 0 spiro atoms. The molecule has 1 rings (SSSR count). The van der Waals surface area contributed by atoms with Crippen LogP contribution in [0.15, 0.2) is 0 Å². The molecule has 0 radical (unpaired) electrons. The minimum absolute atomic E-state index is 0.309. The van der Waals surface area contributed by atoms with Crippen molar-refractivity contribution in [3.05, 3.63) is 0 Å². The Morgan fingerprint density at radius 1 is 1.40 bits per heavy atom. The molecule has 1 N–H and O–H groups in total. The molecule has 0 aromatic rings. The predicted octanol–water partition coefficient (Wildman–Crippen LogP) is 0.688. The first kappa shape index (κ1) is 8.02. The molecule has 1 aliphatic rings. The summed E-state index contributed by atoms with van der Waals surface area (Å²) in [6.45, 7) is 5.70. The van der Waals surface area contributed by atoms with Crippen molar-refractivity contribution in [2.45, 2.75) is 31.8 Å². The maximum absolute atomic E-state index is 3.49. The molecule has 0 bridgehead atoms. The standard InChI is InChI=1S/C8H18N2/c1-8(2)7(10(3)4)5-6-9-8/h7,9H,5-6H2,1-4H3/t7-/m1/s1. The second kappa shape index (κ2) is 2.51. The smallest absolute Gasteiger partial charge is 0.0280 e. The molecule has 1 saturated heterocycles. The van der Waals surface area contributed by atoms with E-state index < -0.39 is 0 Å². The molecule has 2 heteroatoms. The van der Waals surface area contributed by atoms with Crippen molar-refractivity contribution in [2.24, 2.45) is 0 Å². The van der Waals surface area contributed by atoms with E-state index in [1.807, 2.05) is 0 Å². The number of nitrogens with one attached hydrogen (secondary N) is 1. The number of rotatable bonds is 1. The Bertz CT molecular complexity index is 118. The molecule has 2 nitrogen and oxygen atoms in total. The van der Waals surface area contributed by atoms with Gasteiger partial charge in [-0.2, -0.15) is 0 Å². The van der Waals surface area contributed by atoms with Crippen LogP contribution in [0.3, 0.4) is 0 Å². The van der Waals surface area contributed by atoms with Gasteiger partial charge in [-0.15, -0.1) is 0 Å². The fourth-order valence-corrected chi connectivity index (χ4v) is 1.91. The fraction of sp³-hybridized carbons (Fsp3) is 1.00. The van der Waals surface area contributed by atoms with Gasteiger partial charge in [0.25, 0.3) is 0 Å². The number of hydrogen-bond acceptors (Lipinski definition) is 2. The summed E-state index contributed by atoms with van der Waals surface area (Å²) in [4.78, 5) is 2.31. The summed E-state index contributed by atoms with van der Waals surface area (Å²) in [6, 6.07) is 0.701. The van der Waals surface area contributed by atoms with Gasteiger partial charge in [0.15, 0.2) is 0 Å². The molecule has 0 aromatic carbocycles. The van der Waals surface area contributed by atoms with E-state index in [-0.39, 0.29) is 0 Å². The highest BCUT2D eigenvalue weighted by Crippen LogP contribution is 2.21. The van der Waals surface area contributed by atoms with E-state index in [9.17, 15) is 0 Å². The van der Waals surface area contributed by atoms with Gasteiger partial charge < -0.3 is 10.2 Å². The highest BCUT2D eigenvalue weighted by Gasteiger charge is 2.34. The van der Waals surface area contributed by atoms with Crippen LogP contribution in [-0.2, 0) is 0 Å². The van der Waals surface area contributed by atoms with Crippen molar-refractivity contribution in [2.75, 3.05) is 20.6 Å². The summed E-state index contributed by atoms with van der Waals surface area (Å²) in [5.41, 5.74) is 0.309. The molecule has 0 amide bonds. The Morgan fingerprint density at radius 3 is 2.20 bits per heavy atom. The molecule has 1 atom stereocenters. The van der Waals surface area contributed by atoms with Crippen molar-refractivity contribution in [3.63, 3.8) is 0 Å². The Morgan fingerprint density at radius 2 is 2.00 bits per heavy atom. The van der Waals surface area contributed by atoms with Gasteiger partial charge in [-0.25, -0.2) is 0 Å². The molecular weight excluding hydrogens is 124 g/mol. The third kappa shape index (κ3) is 1.32. The van der Waals surface area contributed by atoms with Crippen molar-refractivity contribution >= 4 is 0 Å². The highest BCUT2D eigenvalue weighted by molar-refractivity contribution is 4.96. The quantitative estimate of drug-likeness (QED) is 0.579. The molecule has 1 fully saturated rings. The first-order valence-corrected chi connectivity index (χ1v) is 3.95. The lowest BCUT2D eigenvalue weighted by Gasteiger charge is -2.32. The third-order valence-electron chi connectivity index (χ3n) is 2.45. The maximum Gasteiger partial charge on any atom is 0.0280 e. The summed E-state index contributed by atoms with van der Waals surface area (Å²) < 4.78 is 0. The topological polar surface area (TPSA) is 15.3 Å². The van der Waals surface area contributed by atoms with Gasteiger partial charge in [-0.05, 0) is 40.9 Å². The van der Waals surface area contributed by atoms with E-state index in [1.165, 1.54) is 6.42 Å². The predicted molar refractivity (Wildman–Crippen MR) is 44.2 cm³/mol. The van der Waals surface area contributed by atoms with Gasteiger partial charge in [0.1, 0.15) is 0 Å². The maximum atomic E-state index is 3.49. The van der Waals surface area contributed by atoms with Crippen LogP contribution in [0.4, 0.5) is 0 Å². The number of likely N-dealkylation sites (N-methyl/N-ethyl adjacent to an activating group) is 1. The van der Waals surface area contributed by atoms with Crippen molar-refractivity contribution < 1.29 is 0 Å². The summed E-state index contributed by atoms with van der Waals surface area (Å²) in [7, 11) is 4.30. The van der Waals surface area contributed by atoms with Crippen LogP contribution in [0.2, 0.25) is 0 Å². The van der Waals surface area contributed by atoms with E-state index in [4.69, 9.17) is 0 Å². The summed E-state index contributed by atoms with van der Waals surface area (Å²) in [5, 5.41) is 3.49. The lowest BCUT2D eigenvalue weighted by Crippen LogP contribution is -2.48. The molecule has 0 unspecified atom stereocenters. The molecule has 60 valence electrons. The largest absolute Gasteiger partial charge is 0.310 e. The van der Waals surface area contributed by atoms with Crippen molar-refractivity contribution in [1.82, 2.24) is 10.2 Å². The zero-order chi connectivity index (χ0) is 7.78. The molecule has 0 aliphatic carbocycles. The van der Waals surface area contributed by atoms with E-state index >= 15 is 0 Å². The SMILES string of the molecule is CN(C)[C@@H]1CCNC1(C)C. The molecule has 1 aliphatic heterocycles. The Kier molecular flexibility index (Phi) is 2.02. The lowest BCUT2D eigenvalue weighted by atomic mass is 9.96. The summed E-state index contributed by atoms with van der Waals surface area (Å²) in [5.74, 6) is 0.